The van der Waals surface area contributed by atoms with Crippen LogP contribution < -0.4 is 14.8 Å². The molecule has 1 aromatic carbocycles. The van der Waals surface area contributed by atoms with E-state index in [2.05, 4.69) is 17.2 Å². The number of hydrogen-bond donors (Lipinski definition) is 1. The van der Waals surface area contributed by atoms with Crippen molar-refractivity contribution in [2.45, 2.75) is 38.6 Å². The highest BCUT2D eigenvalue weighted by Gasteiger charge is 2.26. The molecule has 2 heterocycles. The largest absolute Gasteiger partial charge is 0.497 e. The summed E-state index contributed by atoms with van der Waals surface area (Å²) in [6.07, 6.45) is 5.62. The zero-order valence-corrected chi connectivity index (χ0v) is 17.1. The Hall–Kier alpha value is -3.09. The van der Waals surface area contributed by atoms with Gasteiger partial charge in [-0.25, -0.2) is 0 Å². The monoisotopic (exact) mass is 397 g/mol. The van der Waals surface area contributed by atoms with E-state index >= 15 is 0 Å². The maximum atomic E-state index is 13.0. The van der Waals surface area contributed by atoms with Crippen molar-refractivity contribution < 1.29 is 19.1 Å². The highest BCUT2D eigenvalue weighted by atomic mass is 16.5. The van der Waals surface area contributed by atoms with Gasteiger partial charge in [-0.2, -0.15) is 0 Å². The van der Waals surface area contributed by atoms with Gasteiger partial charge in [0.25, 0.3) is 11.8 Å². The van der Waals surface area contributed by atoms with Gasteiger partial charge >= 0.3 is 0 Å². The van der Waals surface area contributed by atoms with Gasteiger partial charge < -0.3 is 19.7 Å². The Morgan fingerprint density at radius 2 is 2.00 bits per heavy atom. The molecule has 2 amide bonds. The molecule has 0 spiro atoms. The van der Waals surface area contributed by atoms with Crippen LogP contribution in [0.25, 0.3) is 0 Å². The number of ether oxygens (including phenoxy) is 2. The van der Waals surface area contributed by atoms with Crippen LogP contribution in [0.3, 0.4) is 0 Å². The molecule has 1 unspecified atom stereocenters. The average molecular weight is 397 g/mol. The van der Waals surface area contributed by atoms with Crippen LogP contribution >= 0.6 is 0 Å². The molecule has 3 rings (SSSR count). The molecule has 1 aromatic heterocycles. The van der Waals surface area contributed by atoms with Crippen molar-refractivity contribution in [2.24, 2.45) is 0 Å². The summed E-state index contributed by atoms with van der Waals surface area (Å²) in [5, 5.41) is 2.79. The van der Waals surface area contributed by atoms with Crippen LogP contribution in [0.2, 0.25) is 0 Å². The predicted molar refractivity (Wildman–Crippen MR) is 111 cm³/mol. The van der Waals surface area contributed by atoms with E-state index in [0.717, 1.165) is 32.2 Å². The second-order valence-electron chi connectivity index (χ2n) is 7.01. The Morgan fingerprint density at radius 1 is 1.17 bits per heavy atom. The third-order valence-corrected chi connectivity index (χ3v) is 5.26. The van der Waals surface area contributed by atoms with Crippen molar-refractivity contribution in [3.8, 4) is 11.5 Å². The summed E-state index contributed by atoms with van der Waals surface area (Å²) in [6.45, 7) is 2.86. The summed E-state index contributed by atoms with van der Waals surface area (Å²) in [5.74, 6) is 0.644. The van der Waals surface area contributed by atoms with E-state index < -0.39 is 5.91 Å². The molecular weight excluding hydrogens is 370 g/mol. The minimum atomic E-state index is -0.409. The third-order valence-electron chi connectivity index (χ3n) is 5.26. The fraction of sp³-hybridized carbons (Fsp3) is 0.409. The van der Waals surface area contributed by atoms with Crippen molar-refractivity contribution in [1.29, 1.82) is 0 Å². The Bertz CT molecular complexity index is 884. The number of nitrogens with one attached hydrogen (secondary N) is 1. The number of pyridine rings is 1. The number of carbonyl (C=O) groups excluding carboxylic acids is 2. The second kappa shape index (κ2) is 9.41. The van der Waals surface area contributed by atoms with E-state index in [-0.39, 0.29) is 17.6 Å². The molecule has 1 aliphatic heterocycles. The van der Waals surface area contributed by atoms with E-state index in [4.69, 9.17) is 9.47 Å². The minimum Gasteiger partial charge on any atom is -0.497 e. The molecule has 0 saturated carbocycles. The van der Waals surface area contributed by atoms with E-state index in [1.165, 1.54) is 13.3 Å². The van der Waals surface area contributed by atoms with Crippen LogP contribution in [0.15, 0.2) is 36.5 Å². The molecule has 154 valence electrons. The Kier molecular flexibility index (Phi) is 6.69. The quantitative estimate of drug-likeness (QED) is 0.803. The lowest BCUT2D eigenvalue weighted by molar-refractivity contribution is 0.0608. The van der Waals surface area contributed by atoms with Gasteiger partial charge in [-0.15, -0.1) is 0 Å². The standard InChI is InChI=1S/C22H27N3O4/c1-4-16-7-5-6-12-25(16)22(27)15-10-11-23-19(13-15)21(26)24-18-9-8-17(28-2)14-20(18)29-3/h8-11,13-14,16H,4-7,12H2,1-3H3,(H,24,26). The van der Waals surface area contributed by atoms with Crippen LogP contribution in [0.1, 0.15) is 53.5 Å². The van der Waals surface area contributed by atoms with Crippen molar-refractivity contribution in [3.05, 3.63) is 47.8 Å². The van der Waals surface area contributed by atoms with Crippen molar-refractivity contribution >= 4 is 17.5 Å². The molecule has 0 aliphatic carbocycles. The van der Waals surface area contributed by atoms with Crippen LogP contribution in [0.4, 0.5) is 5.69 Å². The number of amides is 2. The van der Waals surface area contributed by atoms with E-state index in [1.807, 2.05) is 4.90 Å². The summed E-state index contributed by atoms with van der Waals surface area (Å²) in [4.78, 5) is 31.8. The summed E-state index contributed by atoms with van der Waals surface area (Å²) < 4.78 is 10.5. The van der Waals surface area contributed by atoms with Crippen LogP contribution in [-0.2, 0) is 0 Å². The van der Waals surface area contributed by atoms with Gasteiger partial charge in [0.1, 0.15) is 17.2 Å². The van der Waals surface area contributed by atoms with Gasteiger partial charge in [-0.1, -0.05) is 6.92 Å². The zero-order chi connectivity index (χ0) is 20.8. The highest BCUT2D eigenvalue weighted by molar-refractivity contribution is 6.05. The normalized spacial score (nSPS) is 16.2. The SMILES string of the molecule is CCC1CCCCN1C(=O)c1ccnc(C(=O)Nc2ccc(OC)cc2OC)c1. The summed E-state index contributed by atoms with van der Waals surface area (Å²) in [7, 11) is 3.08. The Labute approximate surface area is 171 Å². The maximum absolute atomic E-state index is 13.0. The summed E-state index contributed by atoms with van der Waals surface area (Å²) in [6, 6.07) is 8.58. The number of methoxy groups -OCH3 is 2. The van der Waals surface area contributed by atoms with Crippen molar-refractivity contribution in [3.63, 3.8) is 0 Å². The van der Waals surface area contributed by atoms with Crippen LogP contribution in [-0.4, -0.2) is 48.5 Å². The molecule has 2 aromatic rings. The molecule has 29 heavy (non-hydrogen) atoms. The smallest absolute Gasteiger partial charge is 0.274 e. The number of anilines is 1. The highest BCUT2D eigenvalue weighted by Crippen LogP contribution is 2.29. The number of aromatic nitrogens is 1. The Balaban J connectivity index is 1.78. The lowest BCUT2D eigenvalue weighted by atomic mass is 9.99. The van der Waals surface area contributed by atoms with Gasteiger partial charge in [-0.3, -0.25) is 14.6 Å². The number of carbonyl (C=O) groups is 2. The Morgan fingerprint density at radius 3 is 2.72 bits per heavy atom. The number of piperidine rings is 1. The van der Waals surface area contributed by atoms with Gasteiger partial charge in [0.05, 0.1) is 19.9 Å². The first kappa shape index (κ1) is 20.6. The van der Waals surface area contributed by atoms with Crippen molar-refractivity contribution in [1.82, 2.24) is 9.88 Å². The van der Waals surface area contributed by atoms with E-state index in [9.17, 15) is 9.59 Å². The molecule has 1 N–H and O–H groups in total. The van der Waals surface area contributed by atoms with Crippen molar-refractivity contribution in [2.75, 3.05) is 26.1 Å². The first-order chi connectivity index (χ1) is 14.1. The molecule has 1 saturated heterocycles. The summed E-state index contributed by atoms with van der Waals surface area (Å²) >= 11 is 0. The lowest BCUT2D eigenvalue weighted by Gasteiger charge is -2.35. The number of nitrogens with zero attached hydrogens (tertiary/aromatic N) is 2. The molecular formula is C22H27N3O4. The number of rotatable bonds is 6. The lowest BCUT2D eigenvalue weighted by Crippen LogP contribution is -2.43. The molecule has 0 radical (unpaired) electrons. The first-order valence-electron chi connectivity index (χ1n) is 9.87. The minimum absolute atomic E-state index is 0.0463. The van der Waals surface area contributed by atoms with Gasteiger partial charge in [0, 0.05) is 30.4 Å². The fourth-order valence-electron chi connectivity index (χ4n) is 3.63. The number of benzene rings is 1. The molecule has 1 fully saturated rings. The van der Waals surface area contributed by atoms with E-state index in [0.29, 0.717) is 22.7 Å². The molecule has 7 nitrogen and oxygen atoms in total. The maximum Gasteiger partial charge on any atom is 0.274 e. The second-order valence-corrected chi connectivity index (χ2v) is 7.01. The molecule has 7 heteroatoms. The summed E-state index contributed by atoms with van der Waals surface area (Å²) in [5.41, 5.74) is 1.16. The van der Waals surface area contributed by atoms with Gasteiger partial charge in [-0.05, 0) is 49.9 Å². The predicted octanol–water partition coefficient (Wildman–Crippen LogP) is 3.76. The zero-order valence-electron chi connectivity index (χ0n) is 17.1. The number of likely N-dealkylation sites (tertiary alicyclic amines) is 1. The van der Waals surface area contributed by atoms with Crippen LogP contribution in [0.5, 0.6) is 11.5 Å². The first-order valence-corrected chi connectivity index (χ1v) is 9.87. The molecule has 0 bridgehead atoms. The van der Waals surface area contributed by atoms with Crippen LogP contribution in [0, 0.1) is 0 Å². The fourth-order valence-corrected chi connectivity index (χ4v) is 3.63. The third kappa shape index (κ3) is 4.67. The molecule has 1 aliphatic rings. The molecule has 1 atom stereocenters. The van der Waals surface area contributed by atoms with Gasteiger partial charge in [0.2, 0.25) is 0 Å². The van der Waals surface area contributed by atoms with E-state index in [1.54, 1.807) is 37.4 Å². The number of hydrogen-bond acceptors (Lipinski definition) is 5. The van der Waals surface area contributed by atoms with Gasteiger partial charge in [0.15, 0.2) is 0 Å². The average Bonchev–Trinajstić information content (AvgIpc) is 2.78. The topological polar surface area (TPSA) is 80.8 Å².